The average molecular weight is 392 g/mol. The number of piperazine rings is 1. The Morgan fingerprint density at radius 2 is 1.86 bits per heavy atom. The number of aromatic amines is 1. The molecule has 3 aromatic rings. The predicted molar refractivity (Wildman–Crippen MR) is 118 cm³/mol. The van der Waals surface area contributed by atoms with E-state index in [0.717, 1.165) is 55.6 Å². The van der Waals surface area contributed by atoms with Gasteiger partial charge in [-0.15, -0.1) is 0 Å². The second kappa shape index (κ2) is 8.66. The molecule has 1 aliphatic heterocycles. The van der Waals surface area contributed by atoms with Crippen LogP contribution in [-0.2, 0) is 0 Å². The van der Waals surface area contributed by atoms with Crippen molar-refractivity contribution < 1.29 is 4.79 Å². The maximum atomic E-state index is 12.5. The number of H-pyrrole nitrogens is 1. The Balaban J connectivity index is 1.21. The van der Waals surface area contributed by atoms with Crippen LogP contribution in [0.25, 0.3) is 10.9 Å². The minimum absolute atomic E-state index is 0.105. The number of rotatable bonds is 6. The van der Waals surface area contributed by atoms with E-state index in [1.54, 1.807) is 0 Å². The predicted octanol–water partition coefficient (Wildman–Crippen LogP) is 3.12. The van der Waals surface area contributed by atoms with Crippen molar-refractivity contribution in [2.45, 2.75) is 20.3 Å². The molecular weight excluding hydrogens is 362 g/mol. The van der Waals surface area contributed by atoms with Gasteiger partial charge < -0.3 is 10.2 Å². The van der Waals surface area contributed by atoms with Gasteiger partial charge in [-0.1, -0.05) is 23.8 Å². The lowest BCUT2D eigenvalue weighted by atomic mass is 10.1. The Bertz CT molecular complexity index is 988. The normalized spacial score (nSPS) is 15.0. The number of aromatic nitrogens is 2. The summed E-state index contributed by atoms with van der Waals surface area (Å²) in [5.74, 6) is -0.105. The maximum Gasteiger partial charge on any atom is 0.272 e. The van der Waals surface area contributed by atoms with E-state index in [4.69, 9.17) is 0 Å². The number of hydrogen-bond donors (Lipinski definition) is 2. The van der Waals surface area contributed by atoms with Crippen LogP contribution in [0.1, 0.15) is 28.0 Å². The van der Waals surface area contributed by atoms with Gasteiger partial charge in [0.05, 0.1) is 5.52 Å². The minimum atomic E-state index is -0.105. The Hall–Kier alpha value is -2.86. The van der Waals surface area contributed by atoms with Crippen molar-refractivity contribution in [2.75, 3.05) is 44.2 Å². The van der Waals surface area contributed by atoms with Crippen LogP contribution in [-0.4, -0.2) is 60.3 Å². The summed E-state index contributed by atoms with van der Waals surface area (Å²) < 4.78 is 0. The van der Waals surface area contributed by atoms with Gasteiger partial charge in [0, 0.05) is 43.8 Å². The minimum Gasteiger partial charge on any atom is -0.369 e. The van der Waals surface area contributed by atoms with Gasteiger partial charge >= 0.3 is 0 Å². The van der Waals surface area contributed by atoms with Crippen molar-refractivity contribution in [3.05, 3.63) is 59.3 Å². The maximum absolute atomic E-state index is 12.5. The molecule has 2 heterocycles. The number of carbonyl (C=O) groups is 1. The van der Waals surface area contributed by atoms with Crippen LogP contribution in [0.5, 0.6) is 0 Å². The molecule has 0 atom stereocenters. The van der Waals surface area contributed by atoms with Crippen LogP contribution in [0.2, 0.25) is 0 Å². The molecule has 0 saturated carbocycles. The van der Waals surface area contributed by atoms with Crippen molar-refractivity contribution in [1.29, 1.82) is 0 Å². The molecule has 1 fully saturated rings. The quantitative estimate of drug-likeness (QED) is 0.634. The van der Waals surface area contributed by atoms with E-state index in [9.17, 15) is 4.79 Å². The fourth-order valence-corrected chi connectivity index (χ4v) is 3.94. The number of amides is 1. The van der Waals surface area contributed by atoms with Crippen LogP contribution >= 0.6 is 0 Å². The lowest BCUT2D eigenvalue weighted by molar-refractivity contribution is 0.0948. The fraction of sp³-hybridized carbons (Fsp3) is 0.391. The van der Waals surface area contributed by atoms with Crippen LogP contribution in [0.3, 0.4) is 0 Å². The number of benzene rings is 2. The first-order valence-electron chi connectivity index (χ1n) is 10.4. The van der Waals surface area contributed by atoms with Gasteiger partial charge in [-0.25, -0.2) is 0 Å². The molecule has 4 rings (SSSR count). The number of nitrogens with one attached hydrogen (secondary N) is 2. The van der Waals surface area contributed by atoms with E-state index in [1.807, 2.05) is 25.1 Å². The third-order valence-electron chi connectivity index (χ3n) is 5.61. The number of fused-ring (bicyclic) bond motifs is 1. The molecule has 0 spiro atoms. The van der Waals surface area contributed by atoms with Gasteiger partial charge in [0.15, 0.2) is 5.69 Å². The summed E-state index contributed by atoms with van der Waals surface area (Å²) in [4.78, 5) is 17.4. The molecule has 1 saturated heterocycles. The number of aryl methyl sites for hydroxylation is 2. The molecule has 6 nitrogen and oxygen atoms in total. The van der Waals surface area contributed by atoms with Crippen LogP contribution in [0.15, 0.2) is 42.5 Å². The van der Waals surface area contributed by atoms with E-state index < -0.39 is 0 Å². The van der Waals surface area contributed by atoms with Crippen LogP contribution in [0.4, 0.5) is 5.69 Å². The molecule has 0 unspecified atom stereocenters. The molecule has 0 aliphatic carbocycles. The number of anilines is 1. The number of hydrogen-bond acceptors (Lipinski definition) is 4. The van der Waals surface area contributed by atoms with Crippen LogP contribution < -0.4 is 10.2 Å². The van der Waals surface area contributed by atoms with Gasteiger partial charge in [-0.05, 0) is 56.6 Å². The highest BCUT2D eigenvalue weighted by atomic mass is 16.1. The van der Waals surface area contributed by atoms with Gasteiger partial charge in [0.1, 0.15) is 0 Å². The molecule has 1 aromatic heterocycles. The summed E-state index contributed by atoms with van der Waals surface area (Å²) in [5, 5.41) is 11.0. The zero-order valence-corrected chi connectivity index (χ0v) is 17.2. The van der Waals surface area contributed by atoms with E-state index in [0.29, 0.717) is 12.2 Å². The summed E-state index contributed by atoms with van der Waals surface area (Å²) in [7, 11) is 0. The third kappa shape index (κ3) is 4.59. The molecule has 2 N–H and O–H groups in total. The molecule has 2 aromatic carbocycles. The lowest BCUT2D eigenvalue weighted by Crippen LogP contribution is -2.47. The van der Waals surface area contributed by atoms with E-state index >= 15 is 0 Å². The molecule has 1 aliphatic rings. The number of nitrogens with zero attached hydrogens (tertiary/aromatic N) is 3. The monoisotopic (exact) mass is 391 g/mol. The fourth-order valence-electron chi connectivity index (χ4n) is 3.94. The Kier molecular flexibility index (Phi) is 5.81. The molecule has 29 heavy (non-hydrogen) atoms. The van der Waals surface area contributed by atoms with Crippen molar-refractivity contribution in [3.63, 3.8) is 0 Å². The van der Waals surface area contributed by atoms with E-state index in [1.165, 1.54) is 11.3 Å². The van der Waals surface area contributed by atoms with E-state index in [2.05, 4.69) is 56.5 Å². The summed E-state index contributed by atoms with van der Waals surface area (Å²) in [5.41, 5.74) is 5.12. The Morgan fingerprint density at radius 3 is 2.66 bits per heavy atom. The Labute approximate surface area is 171 Å². The summed E-state index contributed by atoms with van der Waals surface area (Å²) >= 11 is 0. The largest absolute Gasteiger partial charge is 0.369 e. The highest BCUT2D eigenvalue weighted by Gasteiger charge is 2.17. The first-order valence-corrected chi connectivity index (χ1v) is 10.4. The molecule has 152 valence electrons. The molecule has 0 radical (unpaired) electrons. The molecule has 6 heteroatoms. The van der Waals surface area contributed by atoms with Crippen molar-refractivity contribution in [1.82, 2.24) is 20.4 Å². The summed E-state index contributed by atoms with van der Waals surface area (Å²) in [6.07, 6.45) is 0.942. The highest BCUT2D eigenvalue weighted by Crippen LogP contribution is 2.18. The lowest BCUT2D eigenvalue weighted by Gasteiger charge is -2.36. The van der Waals surface area contributed by atoms with Gasteiger partial charge in [-0.3, -0.25) is 14.8 Å². The van der Waals surface area contributed by atoms with Crippen molar-refractivity contribution in [2.24, 2.45) is 0 Å². The third-order valence-corrected chi connectivity index (χ3v) is 5.61. The van der Waals surface area contributed by atoms with Gasteiger partial charge in [0.25, 0.3) is 5.91 Å². The standard InChI is InChI=1S/C23H29N5O/c1-17-5-3-6-19(15-17)28-13-11-27(12-14-28)10-4-9-24-23(29)22-20-16-18(2)7-8-21(20)25-26-22/h3,5-8,15-16H,4,9-14H2,1-2H3,(H,24,29)(H,25,26). The second-order valence-electron chi connectivity index (χ2n) is 7.90. The number of carbonyl (C=O) groups excluding carboxylic acids is 1. The smallest absolute Gasteiger partial charge is 0.272 e. The van der Waals surface area contributed by atoms with Gasteiger partial charge in [-0.2, -0.15) is 5.10 Å². The first kappa shape index (κ1) is 19.5. The zero-order valence-electron chi connectivity index (χ0n) is 17.2. The molecule has 0 bridgehead atoms. The van der Waals surface area contributed by atoms with Crippen LogP contribution in [0, 0.1) is 13.8 Å². The SMILES string of the molecule is Cc1cccc(N2CCN(CCCNC(=O)c3n[nH]c4ccc(C)cc34)CC2)c1. The summed E-state index contributed by atoms with van der Waals surface area (Å²) in [6, 6.07) is 14.7. The van der Waals surface area contributed by atoms with Crippen molar-refractivity contribution in [3.8, 4) is 0 Å². The molecular formula is C23H29N5O. The topological polar surface area (TPSA) is 64.3 Å². The second-order valence-corrected chi connectivity index (χ2v) is 7.90. The first-order chi connectivity index (χ1) is 14.1. The van der Waals surface area contributed by atoms with Gasteiger partial charge in [0.2, 0.25) is 0 Å². The van der Waals surface area contributed by atoms with E-state index in [-0.39, 0.29) is 5.91 Å². The zero-order chi connectivity index (χ0) is 20.2. The molecule has 1 amide bonds. The average Bonchev–Trinajstić information content (AvgIpc) is 3.14. The summed E-state index contributed by atoms with van der Waals surface area (Å²) in [6.45, 7) is 10.0. The highest BCUT2D eigenvalue weighted by molar-refractivity contribution is 6.04. The van der Waals surface area contributed by atoms with Crippen molar-refractivity contribution >= 4 is 22.5 Å². The Morgan fingerprint density at radius 1 is 1.07 bits per heavy atom.